The molecule has 0 saturated heterocycles. The van der Waals surface area contributed by atoms with Crippen LogP contribution in [0.4, 0.5) is 0 Å². The largest absolute Gasteiger partial charge is 0.320 e. The molecule has 0 unspecified atom stereocenters. The fourth-order valence-corrected chi connectivity index (χ4v) is 9.17. The number of nitrogens with zero attached hydrogens (tertiary/aromatic N) is 2. The lowest BCUT2D eigenvalue weighted by atomic mass is 9.86. The average Bonchev–Trinajstić information content (AvgIpc) is 3.28. The lowest BCUT2D eigenvalue weighted by molar-refractivity contribution is 0.400. The number of rotatable bonds is 22. The molecule has 0 aliphatic carbocycles. The summed E-state index contributed by atoms with van der Waals surface area (Å²) in [5.74, 6) is 0. The highest BCUT2D eigenvalue weighted by atomic mass is 15.0. The van der Waals surface area contributed by atoms with Gasteiger partial charge in [0.25, 0.3) is 0 Å². The molecule has 3 nitrogen and oxygen atoms in total. The number of benzene rings is 6. The van der Waals surface area contributed by atoms with Crippen molar-refractivity contribution in [2.45, 2.75) is 79.1 Å². The van der Waals surface area contributed by atoms with Gasteiger partial charge in [-0.2, -0.15) is 0 Å². The van der Waals surface area contributed by atoms with Gasteiger partial charge in [-0.05, 0) is 229 Å². The van der Waals surface area contributed by atoms with Crippen LogP contribution in [0.25, 0.3) is 47.6 Å². The summed E-state index contributed by atoms with van der Waals surface area (Å²) in [6, 6.07) is 43.4. The molecule has 6 aromatic rings. The zero-order valence-electron chi connectivity index (χ0n) is 41.1. The van der Waals surface area contributed by atoms with E-state index in [1.165, 1.54) is 94.6 Å². The molecule has 6 rings (SSSR count). The molecule has 3 heteroatoms. The van der Waals surface area contributed by atoms with E-state index in [4.69, 9.17) is 0 Å². The highest BCUT2D eigenvalue weighted by molar-refractivity contribution is 5.84. The normalized spacial score (nSPS) is 12.0. The first-order valence-electron chi connectivity index (χ1n) is 24.1. The van der Waals surface area contributed by atoms with Crippen molar-refractivity contribution in [3.63, 3.8) is 0 Å². The minimum absolute atomic E-state index is 0.950. The Bertz CT molecular complexity index is 2570. The first-order valence-corrected chi connectivity index (χ1v) is 24.1. The molecule has 1 N–H and O–H groups in total. The van der Waals surface area contributed by atoms with Crippen LogP contribution in [-0.2, 0) is 32.1 Å². The molecule has 0 aromatic heterocycles. The minimum Gasteiger partial charge on any atom is -0.320 e. The zero-order valence-corrected chi connectivity index (χ0v) is 41.1. The molecule has 65 heavy (non-hydrogen) atoms. The zero-order chi connectivity index (χ0) is 46.1. The van der Waals surface area contributed by atoms with Gasteiger partial charge in [-0.3, -0.25) is 0 Å². The van der Waals surface area contributed by atoms with Gasteiger partial charge in [0.05, 0.1) is 0 Å². The summed E-state index contributed by atoms with van der Waals surface area (Å²) in [5.41, 5.74) is 22.5. The second kappa shape index (κ2) is 24.6. The highest BCUT2D eigenvalue weighted by Crippen LogP contribution is 2.35. The fourth-order valence-electron chi connectivity index (χ4n) is 9.17. The monoisotopic (exact) mass is 862 g/mol. The van der Waals surface area contributed by atoms with E-state index in [-0.39, 0.29) is 0 Å². The molecule has 0 atom stereocenters. The topological polar surface area (TPSA) is 18.5 Å². The molecule has 0 spiro atoms. The van der Waals surface area contributed by atoms with Gasteiger partial charge in [0.15, 0.2) is 0 Å². The van der Waals surface area contributed by atoms with Crippen LogP contribution in [-0.4, -0.2) is 64.7 Å². The summed E-state index contributed by atoms with van der Waals surface area (Å²) in [6.45, 7) is 12.4. The van der Waals surface area contributed by atoms with Gasteiger partial charge < -0.3 is 15.1 Å². The predicted molar refractivity (Wildman–Crippen MR) is 287 cm³/mol. The average molecular weight is 862 g/mol. The third kappa shape index (κ3) is 14.5. The molecule has 0 fully saturated rings. The quantitative estimate of drug-likeness (QED) is 0.0542. The van der Waals surface area contributed by atoms with Gasteiger partial charge in [-0.25, -0.2) is 0 Å². The summed E-state index contributed by atoms with van der Waals surface area (Å²) < 4.78 is 0. The van der Waals surface area contributed by atoms with Crippen LogP contribution in [0.2, 0.25) is 0 Å². The standard InChI is InChI=1S/C62H75N3/c1-46-17-10-27-56(59(46)37-30-54-22-11-18-50(43-54)24-14-40-63-5)32-33-57-34-39-62(49(4)60(57)38-31-55-23-13-20-52(45-55)26-16-42-65(8)9)61-35-28-47(2)58(48(61)3)36-29-53-21-12-19-51(44-53)25-15-41-64(6)7/h10-13,17-23,27-31,34-39,43-45,63H,14-16,24-26,32-33,40-42H2,1-9H3/b36-29-,37-30-,38-31+. The van der Waals surface area contributed by atoms with Crippen molar-refractivity contribution in [2.24, 2.45) is 0 Å². The lowest BCUT2D eigenvalue weighted by Gasteiger charge is -2.19. The van der Waals surface area contributed by atoms with E-state index in [1.807, 2.05) is 7.05 Å². The first-order chi connectivity index (χ1) is 31.5. The molecule has 0 amide bonds. The molecule has 0 radical (unpaired) electrons. The van der Waals surface area contributed by atoms with Gasteiger partial charge in [-0.1, -0.05) is 152 Å². The van der Waals surface area contributed by atoms with Crippen molar-refractivity contribution in [1.29, 1.82) is 0 Å². The van der Waals surface area contributed by atoms with E-state index in [0.29, 0.717) is 0 Å². The smallest absolute Gasteiger partial charge is 0.00217 e. The molecule has 0 aliphatic heterocycles. The summed E-state index contributed by atoms with van der Waals surface area (Å²) in [4.78, 5) is 4.53. The van der Waals surface area contributed by atoms with Crippen LogP contribution in [0.15, 0.2) is 115 Å². The Morgan fingerprint density at radius 3 is 1.37 bits per heavy atom. The van der Waals surface area contributed by atoms with Crippen molar-refractivity contribution in [3.8, 4) is 11.1 Å². The Kier molecular flexibility index (Phi) is 18.5. The van der Waals surface area contributed by atoms with Crippen LogP contribution in [0.3, 0.4) is 0 Å². The van der Waals surface area contributed by atoms with E-state index in [2.05, 4.69) is 223 Å². The molecule has 0 saturated carbocycles. The van der Waals surface area contributed by atoms with Gasteiger partial charge in [0.2, 0.25) is 0 Å². The maximum atomic E-state index is 3.28. The maximum absolute atomic E-state index is 3.28. The summed E-state index contributed by atoms with van der Waals surface area (Å²) in [7, 11) is 10.6. The van der Waals surface area contributed by atoms with E-state index in [0.717, 1.165) is 71.0 Å². The van der Waals surface area contributed by atoms with E-state index in [1.54, 1.807) is 0 Å². The van der Waals surface area contributed by atoms with Gasteiger partial charge >= 0.3 is 0 Å². The third-order valence-electron chi connectivity index (χ3n) is 12.9. The summed E-state index contributed by atoms with van der Waals surface area (Å²) in [5, 5.41) is 3.28. The maximum Gasteiger partial charge on any atom is -0.00217 e. The van der Waals surface area contributed by atoms with Crippen molar-refractivity contribution < 1.29 is 0 Å². The number of nitrogens with one attached hydrogen (secondary N) is 1. The summed E-state index contributed by atoms with van der Waals surface area (Å²) in [6.07, 6.45) is 22.6. The molecule has 338 valence electrons. The van der Waals surface area contributed by atoms with Crippen molar-refractivity contribution in [2.75, 3.05) is 54.9 Å². The number of hydrogen-bond acceptors (Lipinski definition) is 3. The Morgan fingerprint density at radius 2 is 0.846 bits per heavy atom. The molecule has 0 aliphatic rings. The van der Waals surface area contributed by atoms with Crippen molar-refractivity contribution in [1.82, 2.24) is 15.1 Å². The lowest BCUT2D eigenvalue weighted by Crippen LogP contribution is -2.13. The van der Waals surface area contributed by atoms with E-state index >= 15 is 0 Å². The SMILES string of the molecule is CNCCCc1cccc(/C=C\c2c(C)cccc2CCc2ccc(-c3ccc(C)c(/C=C\c4cccc(CCCN(C)C)c4)c3C)c(C)c2/C=C/c2cccc(CCCN(C)C)c2)c1. The Morgan fingerprint density at radius 1 is 0.415 bits per heavy atom. The molecular formula is C62H75N3. The Balaban J connectivity index is 1.32. The van der Waals surface area contributed by atoms with Crippen molar-refractivity contribution in [3.05, 3.63) is 199 Å². The Labute approximate surface area is 393 Å². The van der Waals surface area contributed by atoms with Crippen LogP contribution < -0.4 is 5.32 Å². The van der Waals surface area contributed by atoms with Crippen LogP contribution in [0, 0.1) is 27.7 Å². The number of hydrogen-bond donors (Lipinski definition) is 1. The van der Waals surface area contributed by atoms with E-state index < -0.39 is 0 Å². The van der Waals surface area contributed by atoms with Gasteiger partial charge in [0, 0.05) is 0 Å². The first kappa shape index (κ1) is 48.9. The van der Waals surface area contributed by atoms with Crippen LogP contribution in [0.1, 0.15) is 103 Å². The Hall–Kier alpha value is -5.58. The third-order valence-corrected chi connectivity index (χ3v) is 12.9. The number of aryl methyl sites for hydroxylation is 7. The fraction of sp³-hybridized carbons (Fsp3) is 0.323. The molecule has 0 bridgehead atoms. The van der Waals surface area contributed by atoms with Crippen LogP contribution >= 0.6 is 0 Å². The van der Waals surface area contributed by atoms with Gasteiger partial charge in [0.1, 0.15) is 0 Å². The van der Waals surface area contributed by atoms with Gasteiger partial charge in [-0.15, -0.1) is 0 Å². The van der Waals surface area contributed by atoms with Crippen molar-refractivity contribution >= 4 is 36.5 Å². The minimum atomic E-state index is 0.950. The summed E-state index contributed by atoms with van der Waals surface area (Å²) >= 11 is 0. The molecular weight excluding hydrogens is 787 g/mol. The van der Waals surface area contributed by atoms with E-state index in [9.17, 15) is 0 Å². The highest BCUT2D eigenvalue weighted by Gasteiger charge is 2.15. The molecule has 6 aromatic carbocycles. The molecule has 0 heterocycles. The second-order valence-corrected chi connectivity index (χ2v) is 18.7. The second-order valence-electron chi connectivity index (χ2n) is 18.7. The predicted octanol–water partition coefficient (Wildman–Crippen LogP) is 14.0. The van der Waals surface area contributed by atoms with Crippen LogP contribution in [0.5, 0.6) is 0 Å².